The molecule has 0 saturated carbocycles. The van der Waals surface area contributed by atoms with Crippen molar-refractivity contribution in [3.63, 3.8) is 0 Å². The summed E-state index contributed by atoms with van der Waals surface area (Å²) in [6, 6.07) is 0. The normalized spacial score (nSPS) is 12.4. The van der Waals surface area contributed by atoms with Crippen LogP contribution in [-0.2, 0) is 0 Å². The minimum Gasteiger partial charge on any atom is -0.367 e. The largest absolute Gasteiger partial charge is 0.367 e. The van der Waals surface area contributed by atoms with Crippen LogP contribution in [0.2, 0.25) is 0 Å². The molecule has 0 amide bonds. The van der Waals surface area contributed by atoms with Gasteiger partial charge in [0.05, 0.1) is 10.7 Å². The van der Waals surface area contributed by atoms with Crippen molar-refractivity contribution in [1.29, 1.82) is 0 Å². The Morgan fingerprint density at radius 2 is 2.24 bits per heavy atom. The minimum atomic E-state index is -0.390. The predicted molar refractivity (Wildman–Crippen MR) is 65.7 cm³/mol. The van der Waals surface area contributed by atoms with Crippen LogP contribution in [0.5, 0.6) is 0 Å². The predicted octanol–water partition coefficient (Wildman–Crippen LogP) is 2.60. The van der Waals surface area contributed by atoms with Crippen molar-refractivity contribution in [2.45, 2.75) is 19.8 Å². The fourth-order valence-electron chi connectivity index (χ4n) is 1.40. The molecule has 1 N–H and O–H groups in total. The number of hydrogen-bond donors (Lipinski definition) is 1. The Hall–Kier alpha value is -1.56. The monoisotopic (exact) mass is 252 g/mol. The third kappa shape index (κ3) is 2.76. The highest BCUT2D eigenvalue weighted by Gasteiger charge is 2.11. The summed E-state index contributed by atoms with van der Waals surface area (Å²) in [6.07, 6.45) is 3.13. The van der Waals surface area contributed by atoms with E-state index in [1.54, 1.807) is 24.5 Å². The Labute approximate surface area is 103 Å². The third-order valence-electron chi connectivity index (χ3n) is 2.41. The highest BCUT2D eigenvalue weighted by molar-refractivity contribution is 7.09. The molecule has 0 saturated heterocycles. The van der Waals surface area contributed by atoms with Crippen LogP contribution < -0.4 is 5.32 Å². The maximum Gasteiger partial charge on any atom is 0.186 e. The summed E-state index contributed by atoms with van der Waals surface area (Å²) in [6.45, 7) is 4.26. The van der Waals surface area contributed by atoms with Crippen LogP contribution in [0.25, 0.3) is 0 Å². The van der Waals surface area contributed by atoms with Crippen molar-refractivity contribution in [1.82, 2.24) is 15.0 Å². The first kappa shape index (κ1) is 11.9. The molecule has 0 bridgehead atoms. The van der Waals surface area contributed by atoms with Crippen molar-refractivity contribution in [3.05, 3.63) is 34.4 Å². The number of aryl methyl sites for hydroxylation is 1. The average molecular weight is 252 g/mol. The van der Waals surface area contributed by atoms with Crippen molar-refractivity contribution in [2.75, 3.05) is 11.9 Å². The average Bonchev–Trinajstić information content (AvgIpc) is 2.84. The molecule has 0 aliphatic carbocycles. The van der Waals surface area contributed by atoms with Gasteiger partial charge in [-0.2, -0.15) is 0 Å². The summed E-state index contributed by atoms with van der Waals surface area (Å²) in [4.78, 5) is 11.9. The quantitative estimate of drug-likeness (QED) is 0.908. The van der Waals surface area contributed by atoms with E-state index >= 15 is 0 Å². The number of aromatic nitrogens is 3. The van der Waals surface area contributed by atoms with Gasteiger partial charge in [-0.3, -0.25) is 0 Å². The zero-order chi connectivity index (χ0) is 12.3. The Morgan fingerprint density at radius 1 is 1.41 bits per heavy atom. The topological polar surface area (TPSA) is 50.7 Å². The molecule has 0 radical (unpaired) electrons. The van der Waals surface area contributed by atoms with Crippen LogP contribution in [0, 0.1) is 12.7 Å². The van der Waals surface area contributed by atoms with Crippen molar-refractivity contribution in [3.8, 4) is 0 Å². The molecule has 0 aliphatic rings. The number of nitrogens with one attached hydrogen (secondary N) is 1. The maximum absolute atomic E-state index is 13.6. The van der Waals surface area contributed by atoms with E-state index in [-0.39, 0.29) is 17.6 Å². The molecular formula is C11H13FN4S. The molecule has 0 aromatic carbocycles. The summed E-state index contributed by atoms with van der Waals surface area (Å²) in [7, 11) is 0. The maximum atomic E-state index is 13.6. The van der Waals surface area contributed by atoms with E-state index in [2.05, 4.69) is 20.3 Å². The number of thiazole rings is 1. The summed E-state index contributed by atoms with van der Waals surface area (Å²) < 4.78 is 13.6. The second kappa shape index (κ2) is 5.18. The first-order valence-corrected chi connectivity index (χ1v) is 6.17. The molecule has 2 rings (SSSR count). The van der Waals surface area contributed by atoms with Crippen LogP contribution in [0.15, 0.2) is 17.9 Å². The first-order valence-electron chi connectivity index (χ1n) is 5.29. The van der Waals surface area contributed by atoms with Gasteiger partial charge in [0, 0.05) is 24.0 Å². The van der Waals surface area contributed by atoms with Gasteiger partial charge in [-0.1, -0.05) is 6.92 Å². The molecular weight excluding hydrogens is 239 g/mol. The lowest BCUT2D eigenvalue weighted by atomic mass is 10.2. The molecule has 0 fully saturated rings. The van der Waals surface area contributed by atoms with Gasteiger partial charge in [0.2, 0.25) is 0 Å². The van der Waals surface area contributed by atoms with E-state index < -0.39 is 0 Å². The van der Waals surface area contributed by atoms with Crippen LogP contribution >= 0.6 is 11.3 Å². The Balaban J connectivity index is 2.00. The Bertz CT molecular complexity index is 486. The van der Waals surface area contributed by atoms with E-state index in [1.165, 1.54) is 6.33 Å². The first-order chi connectivity index (χ1) is 8.18. The lowest BCUT2D eigenvalue weighted by Crippen LogP contribution is -2.12. The van der Waals surface area contributed by atoms with Gasteiger partial charge in [0.25, 0.3) is 0 Å². The van der Waals surface area contributed by atoms with E-state index in [9.17, 15) is 4.39 Å². The summed E-state index contributed by atoms with van der Waals surface area (Å²) >= 11 is 1.60. The fourth-order valence-corrected chi connectivity index (χ4v) is 2.09. The molecule has 2 aromatic rings. The third-order valence-corrected chi connectivity index (χ3v) is 3.42. The van der Waals surface area contributed by atoms with Gasteiger partial charge in [-0.15, -0.1) is 11.3 Å². The molecule has 1 unspecified atom stereocenters. The van der Waals surface area contributed by atoms with E-state index in [0.717, 1.165) is 5.01 Å². The molecule has 0 spiro atoms. The van der Waals surface area contributed by atoms with Crippen molar-refractivity contribution >= 4 is 17.2 Å². The van der Waals surface area contributed by atoms with Crippen LogP contribution in [0.4, 0.5) is 10.2 Å². The fraction of sp³-hybridized carbons (Fsp3) is 0.364. The van der Waals surface area contributed by atoms with Gasteiger partial charge < -0.3 is 5.32 Å². The second-order valence-corrected chi connectivity index (χ2v) is 4.70. The molecule has 17 heavy (non-hydrogen) atoms. The highest BCUT2D eigenvalue weighted by Crippen LogP contribution is 2.19. The van der Waals surface area contributed by atoms with Crippen LogP contribution in [0.3, 0.4) is 0 Å². The van der Waals surface area contributed by atoms with Gasteiger partial charge in [0.1, 0.15) is 6.33 Å². The molecule has 1 atom stereocenters. The lowest BCUT2D eigenvalue weighted by Gasteiger charge is -2.11. The number of rotatable bonds is 4. The number of nitrogens with zero attached hydrogens (tertiary/aromatic N) is 3. The SMILES string of the molecule is Cc1ncnc(NCC(C)c2nccs2)c1F. The summed E-state index contributed by atoms with van der Waals surface area (Å²) in [5.74, 6) is 0.0874. The second-order valence-electron chi connectivity index (χ2n) is 3.77. The molecule has 2 heterocycles. The standard InChI is InChI=1S/C11H13FN4S/c1-7(11-13-3-4-17-11)5-14-10-9(12)8(2)15-6-16-10/h3-4,6-7H,5H2,1-2H3,(H,14,15,16). The van der Waals surface area contributed by atoms with Gasteiger partial charge in [-0.25, -0.2) is 19.3 Å². The lowest BCUT2D eigenvalue weighted by molar-refractivity contribution is 0.603. The summed E-state index contributed by atoms with van der Waals surface area (Å²) in [5, 5.41) is 5.95. The van der Waals surface area contributed by atoms with E-state index in [1.807, 2.05) is 12.3 Å². The molecule has 6 heteroatoms. The highest BCUT2D eigenvalue weighted by atomic mass is 32.1. The molecule has 0 aliphatic heterocycles. The zero-order valence-corrected chi connectivity index (χ0v) is 10.5. The van der Waals surface area contributed by atoms with Gasteiger partial charge in [0.15, 0.2) is 11.6 Å². The van der Waals surface area contributed by atoms with Crippen molar-refractivity contribution in [2.24, 2.45) is 0 Å². The van der Waals surface area contributed by atoms with Gasteiger partial charge >= 0.3 is 0 Å². The Morgan fingerprint density at radius 3 is 2.94 bits per heavy atom. The number of halogens is 1. The van der Waals surface area contributed by atoms with E-state index in [4.69, 9.17) is 0 Å². The molecule has 90 valence electrons. The van der Waals surface area contributed by atoms with Crippen LogP contribution in [-0.4, -0.2) is 21.5 Å². The molecule has 4 nitrogen and oxygen atoms in total. The van der Waals surface area contributed by atoms with Crippen LogP contribution in [0.1, 0.15) is 23.5 Å². The van der Waals surface area contributed by atoms with Crippen molar-refractivity contribution < 1.29 is 4.39 Å². The number of hydrogen-bond acceptors (Lipinski definition) is 5. The summed E-state index contributed by atoms with van der Waals surface area (Å²) in [5.41, 5.74) is 0.351. The zero-order valence-electron chi connectivity index (χ0n) is 9.64. The molecule has 2 aromatic heterocycles. The van der Waals surface area contributed by atoms with Gasteiger partial charge in [-0.05, 0) is 6.92 Å². The minimum absolute atomic E-state index is 0.227. The number of anilines is 1. The Kier molecular flexibility index (Phi) is 3.63. The smallest absolute Gasteiger partial charge is 0.186 e. The van der Waals surface area contributed by atoms with E-state index in [0.29, 0.717) is 12.2 Å².